The molecule has 0 aliphatic carbocycles. The summed E-state index contributed by atoms with van der Waals surface area (Å²) < 4.78 is 29.3. The van der Waals surface area contributed by atoms with E-state index in [-0.39, 0.29) is 11.7 Å². The number of nitrogens with zero attached hydrogens (tertiary/aromatic N) is 1. The monoisotopic (exact) mass is 318 g/mol. The van der Waals surface area contributed by atoms with Gasteiger partial charge in [0, 0.05) is 11.1 Å². The zero-order valence-electron chi connectivity index (χ0n) is 12.7. The van der Waals surface area contributed by atoms with Crippen LogP contribution in [0.1, 0.15) is 28.4 Å². The number of benzene rings is 2. The SMILES string of the molecule is C/C(=N/NC(=O)c1ccccc1C)c1ccccc1OC(F)F. The maximum absolute atomic E-state index is 12.4. The Morgan fingerprint density at radius 1 is 1.09 bits per heavy atom. The lowest BCUT2D eigenvalue weighted by Gasteiger charge is -2.10. The van der Waals surface area contributed by atoms with Crippen LogP contribution in [0.4, 0.5) is 8.78 Å². The molecule has 0 bridgehead atoms. The Bertz CT molecular complexity index is 730. The highest BCUT2D eigenvalue weighted by Crippen LogP contribution is 2.21. The zero-order chi connectivity index (χ0) is 16.8. The van der Waals surface area contributed by atoms with E-state index in [2.05, 4.69) is 15.3 Å². The summed E-state index contributed by atoms with van der Waals surface area (Å²) in [7, 11) is 0. The first-order valence-electron chi connectivity index (χ1n) is 6.93. The van der Waals surface area contributed by atoms with Gasteiger partial charge in [-0.25, -0.2) is 5.43 Å². The van der Waals surface area contributed by atoms with E-state index < -0.39 is 6.61 Å². The Labute approximate surface area is 132 Å². The van der Waals surface area contributed by atoms with Gasteiger partial charge in [0.05, 0.1) is 5.71 Å². The quantitative estimate of drug-likeness (QED) is 0.674. The van der Waals surface area contributed by atoms with Crippen LogP contribution >= 0.6 is 0 Å². The van der Waals surface area contributed by atoms with Gasteiger partial charge in [-0.2, -0.15) is 13.9 Å². The van der Waals surface area contributed by atoms with Gasteiger partial charge in [-0.05, 0) is 37.6 Å². The van der Waals surface area contributed by atoms with Gasteiger partial charge in [0.2, 0.25) is 0 Å². The van der Waals surface area contributed by atoms with Crippen molar-refractivity contribution in [2.24, 2.45) is 5.10 Å². The van der Waals surface area contributed by atoms with E-state index in [1.54, 1.807) is 37.3 Å². The molecule has 2 aromatic rings. The fraction of sp³-hybridized carbons (Fsp3) is 0.176. The number of rotatable bonds is 5. The minimum atomic E-state index is -2.93. The first-order valence-corrected chi connectivity index (χ1v) is 6.93. The molecule has 0 saturated carbocycles. The second kappa shape index (κ2) is 7.49. The number of carbonyl (C=O) groups is 1. The van der Waals surface area contributed by atoms with E-state index in [4.69, 9.17) is 0 Å². The van der Waals surface area contributed by atoms with Crippen molar-refractivity contribution >= 4 is 11.6 Å². The largest absolute Gasteiger partial charge is 0.434 e. The van der Waals surface area contributed by atoms with Crippen LogP contribution in [0.5, 0.6) is 5.75 Å². The fourth-order valence-electron chi connectivity index (χ4n) is 2.05. The second-order valence-corrected chi connectivity index (χ2v) is 4.83. The van der Waals surface area contributed by atoms with Gasteiger partial charge in [-0.15, -0.1) is 0 Å². The van der Waals surface area contributed by atoms with Crippen molar-refractivity contribution in [2.45, 2.75) is 20.5 Å². The average molecular weight is 318 g/mol. The van der Waals surface area contributed by atoms with Gasteiger partial charge in [0.25, 0.3) is 5.91 Å². The Balaban J connectivity index is 2.18. The Morgan fingerprint density at radius 2 is 1.70 bits per heavy atom. The van der Waals surface area contributed by atoms with E-state index in [0.29, 0.717) is 16.8 Å². The Kier molecular flexibility index (Phi) is 5.41. The van der Waals surface area contributed by atoms with Gasteiger partial charge in [-0.3, -0.25) is 4.79 Å². The number of carbonyl (C=O) groups excluding carboxylic acids is 1. The number of alkyl halides is 2. The van der Waals surface area contributed by atoms with Crippen molar-refractivity contribution in [3.8, 4) is 5.75 Å². The summed E-state index contributed by atoms with van der Waals surface area (Å²) in [6.07, 6.45) is 0. The van der Waals surface area contributed by atoms with Crippen molar-refractivity contribution in [1.82, 2.24) is 5.43 Å². The number of hydrazone groups is 1. The fourth-order valence-corrected chi connectivity index (χ4v) is 2.05. The number of para-hydroxylation sites is 1. The summed E-state index contributed by atoms with van der Waals surface area (Å²) in [4.78, 5) is 12.1. The molecular formula is C17H16F2N2O2. The summed E-state index contributed by atoms with van der Waals surface area (Å²) in [5.74, 6) is -0.358. The maximum Gasteiger partial charge on any atom is 0.387 e. The molecule has 0 radical (unpaired) electrons. The van der Waals surface area contributed by atoms with Crippen LogP contribution in [-0.4, -0.2) is 18.2 Å². The van der Waals surface area contributed by atoms with E-state index in [0.717, 1.165) is 5.56 Å². The number of ether oxygens (including phenoxy) is 1. The lowest BCUT2D eigenvalue weighted by Crippen LogP contribution is -2.20. The first kappa shape index (κ1) is 16.6. The van der Waals surface area contributed by atoms with Crippen molar-refractivity contribution < 1.29 is 18.3 Å². The minimum absolute atomic E-state index is 0.00823. The molecule has 0 aromatic heterocycles. The third kappa shape index (κ3) is 4.35. The van der Waals surface area contributed by atoms with Crippen LogP contribution in [0.25, 0.3) is 0 Å². The maximum atomic E-state index is 12.4. The predicted octanol–water partition coefficient (Wildman–Crippen LogP) is 3.75. The summed E-state index contributed by atoms with van der Waals surface area (Å²) in [6, 6.07) is 13.4. The molecule has 0 unspecified atom stereocenters. The average Bonchev–Trinajstić information content (AvgIpc) is 2.52. The molecule has 6 heteroatoms. The molecule has 0 heterocycles. The van der Waals surface area contributed by atoms with Crippen molar-refractivity contribution in [3.05, 3.63) is 65.2 Å². The molecule has 0 atom stereocenters. The highest BCUT2D eigenvalue weighted by atomic mass is 19.3. The molecule has 0 saturated heterocycles. The molecule has 1 N–H and O–H groups in total. The highest BCUT2D eigenvalue weighted by molar-refractivity contribution is 6.02. The molecular weight excluding hydrogens is 302 g/mol. The number of aryl methyl sites for hydroxylation is 1. The molecule has 2 rings (SSSR count). The van der Waals surface area contributed by atoms with Crippen LogP contribution in [0.15, 0.2) is 53.6 Å². The van der Waals surface area contributed by atoms with Gasteiger partial charge in [0.1, 0.15) is 5.75 Å². The number of amides is 1. The van der Waals surface area contributed by atoms with Crippen LogP contribution in [0.3, 0.4) is 0 Å². The molecule has 4 nitrogen and oxygen atoms in total. The molecule has 1 amide bonds. The molecule has 0 aliphatic rings. The number of nitrogens with one attached hydrogen (secondary N) is 1. The van der Waals surface area contributed by atoms with Crippen molar-refractivity contribution in [2.75, 3.05) is 0 Å². The van der Waals surface area contributed by atoms with Crippen molar-refractivity contribution in [1.29, 1.82) is 0 Å². The zero-order valence-corrected chi connectivity index (χ0v) is 12.7. The van der Waals surface area contributed by atoms with Gasteiger partial charge >= 0.3 is 6.61 Å². The molecule has 0 spiro atoms. The topological polar surface area (TPSA) is 50.7 Å². The highest BCUT2D eigenvalue weighted by Gasteiger charge is 2.12. The molecule has 23 heavy (non-hydrogen) atoms. The minimum Gasteiger partial charge on any atom is -0.434 e. The Morgan fingerprint density at radius 3 is 2.35 bits per heavy atom. The normalized spacial score (nSPS) is 11.4. The van der Waals surface area contributed by atoms with Gasteiger partial charge in [0.15, 0.2) is 0 Å². The van der Waals surface area contributed by atoms with Crippen LogP contribution < -0.4 is 10.2 Å². The van der Waals surface area contributed by atoms with Crippen LogP contribution in [-0.2, 0) is 0 Å². The first-order chi connectivity index (χ1) is 11.0. The molecule has 2 aromatic carbocycles. The van der Waals surface area contributed by atoms with Gasteiger partial charge < -0.3 is 4.74 Å². The second-order valence-electron chi connectivity index (χ2n) is 4.83. The molecule has 0 aliphatic heterocycles. The molecule has 0 fully saturated rings. The summed E-state index contributed by atoms with van der Waals surface area (Å²) in [5, 5.41) is 3.97. The summed E-state index contributed by atoms with van der Waals surface area (Å²) in [6.45, 7) is 0.494. The summed E-state index contributed by atoms with van der Waals surface area (Å²) >= 11 is 0. The summed E-state index contributed by atoms with van der Waals surface area (Å²) in [5.41, 5.74) is 4.50. The van der Waals surface area contributed by atoms with E-state index in [1.807, 2.05) is 19.1 Å². The van der Waals surface area contributed by atoms with E-state index in [9.17, 15) is 13.6 Å². The standard InChI is InChI=1S/C17H16F2N2O2/c1-11-7-3-4-8-13(11)16(22)21-20-12(2)14-9-5-6-10-15(14)23-17(18)19/h3-10,17H,1-2H3,(H,21,22)/b20-12-. The van der Waals surface area contributed by atoms with Gasteiger partial charge in [-0.1, -0.05) is 30.3 Å². The third-order valence-electron chi connectivity index (χ3n) is 3.21. The smallest absolute Gasteiger partial charge is 0.387 e. The van der Waals surface area contributed by atoms with Crippen molar-refractivity contribution in [3.63, 3.8) is 0 Å². The number of hydrogen-bond donors (Lipinski definition) is 1. The predicted molar refractivity (Wildman–Crippen MR) is 83.9 cm³/mol. The lowest BCUT2D eigenvalue weighted by atomic mass is 10.1. The van der Waals surface area contributed by atoms with E-state index >= 15 is 0 Å². The third-order valence-corrected chi connectivity index (χ3v) is 3.21. The van der Waals surface area contributed by atoms with Crippen LogP contribution in [0.2, 0.25) is 0 Å². The van der Waals surface area contributed by atoms with Crippen LogP contribution in [0, 0.1) is 6.92 Å². The number of halogens is 2. The lowest BCUT2D eigenvalue weighted by molar-refractivity contribution is -0.0499. The van der Waals surface area contributed by atoms with E-state index in [1.165, 1.54) is 6.07 Å². The molecule has 120 valence electrons. The number of hydrogen-bond acceptors (Lipinski definition) is 3. The Hall–Kier alpha value is -2.76.